The third-order valence-electron chi connectivity index (χ3n) is 3.22. The molecular weight excluding hydrogens is 242 g/mol. The average Bonchev–Trinajstić information content (AvgIpc) is 2.67. The van der Waals surface area contributed by atoms with Gasteiger partial charge < -0.3 is 19.5 Å². The van der Waals surface area contributed by atoms with Crippen LogP contribution >= 0.6 is 0 Å². The van der Waals surface area contributed by atoms with Crippen molar-refractivity contribution < 1.29 is 14.2 Å². The minimum absolute atomic E-state index is 0.441. The highest BCUT2D eigenvalue weighted by Crippen LogP contribution is 2.30. The molecule has 0 aliphatic carbocycles. The SMILES string of the molecule is COCCC(C)NCc1ccc2c(c1)OCCCO2. The van der Waals surface area contributed by atoms with Gasteiger partial charge in [-0.25, -0.2) is 0 Å². The number of fused-ring (bicyclic) bond motifs is 1. The highest BCUT2D eigenvalue weighted by molar-refractivity contribution is 5.43. The molecule has 1 unspecified atom stereocenters. The first-order chi connectivity index (χ1) is 9.29. The van der Waals surface area contributed by atoms with Gasteiger partial charge in [0.15, 0.2) is 11.5 Å². The lowest BCUT2D eigenvalue weighted by molar-refractivity contribution is 0.184. The molecule has 106 valence electrons. The van der Waals surface area contributed by atoms with Gasteiger partial charge in [0.25, 0.3) is 0 Å². The first-order valence-electron chi connectivity index (χ1n) is 6.90. The molecule has 1 aliphatic heterocycles. The molecule has 1 aromatic carbocycles. The van der Waals surface area contributed by atoms with Gasteiger partial charge in [-0.15, -0.1) is 0 Å². The number of methoxy groups -OCH3 is 1. The molecule has 1 N–H and O–H groups in total. The Kier molecular flexibility index (Phi) is 5.48. The van der Waals surface area contributed by atoms with E-state index in [9.17, 15) is 0 Å². The molecule has 0 saturated carbocycles. The van der Waals surface area contributed by atoms with Gasteiger partial charge in [0.05, 0.1) is 13.2 Å². The highest BCUT2D eigenvalue weighted by Gasteiger charge is 2.10. The maximum atomic E-state index is 5.69. The maximum absolute atomic E-state index is 5.69. The summed E-state index contributed by atoms with van der Waals surface area (Å²) < 4.78 is 16.4. The molecule has 1 aliphatic rings. The second-order valence-corrected chi connectivity index (χ2v) is 4.89. The van der Waals surface area contributed by atoms with Crippen LogP contribution in [0.4, 0.5) is 0 Å². The Morgan fingerprint density at radius 2 is 2.05 bits per heavy atom. The Balaban J connectivity index is 1.89. The lowest BCUT2D eigenvalue weighted by Gasteiger charge is -2.14. The van der Waals surface area contributed by atoms with E-state index >= 15 is 0 Å². The van der Waals surface area contributed by atoms with Gasteiger partial charge in [-0.3, -0.25) is 0 Å². The van der Waals surface area contributed by atoms with Crippen molar-refractivity contribution in [2.45, 2.75) is 32.4 Å². The van der Waals surface area contributed by atoms with E-state index in [-0.39, 0.29) is 0 Å². The number of hydrogen-bond donors (Lipinski definition) is 1. The fourth-order valence-corrected chi connectivity index (χ4v) is 2.01. The molecule has 0 aromatic heterocycles. The zero-order valence-electron chi connectivity index (χ0n) is 11.8. The van der Waals surface area contributed by atoms with Crippen LogP contribution in [-0.4, -0.2) is 33.0 Å². The molecule has 0 radical (unpaired) electrons. The van der Waals surface area contributed by atoms with Gasteiger partial charge in [0, 0.05) is 32.7 Å². The van der Waals surface area contributed by atoms with Crippen molar-refractivity contribution in [2.24, 2.45) is 0 Å². The van der Waals surface area contributed by atoms with E-state index in [1.807, 2.05) is 6.07 Å². The molecule has 0 saturated heterocycles. The van der Waals surface area contributed by atoms with Crippen LogP contribution in [-0.2, 0) is 11.3 Å². The molecule has 0 bridgehead atoms. The van der Waals surface area contributed by atoms with Gasteiger partial charge in [-0.2, -0.15) is 0 Å². The van der Waals surface area contributed by atoms with Gasteiger partial charge in [0.1, 0.15) is 0 Å². The fourth-order valence-electron chi connectivity index (χ4n) is 2.01. The third-order valence-corrected chi connectivity index (χ3v) is 3.22. The van der Waals surface area contributed by atoms with E-state index < -0.39 is 0 Å². The molecular formula is C15H23NO3. The summed E-state index contributed by atoms with van der Waals surface area (Å²) in [7, 11) is 1.73. The van der Waals surface area contributed by atoms with E-state index in [1.165, 1.54) is 5.56 Å². The fraction of sp³-hybridized carbons (Fsp3) is 0.600. The largest absolute Gasteiger partial charge is 0.490 e. The van der Waals surface area contributed by atoms with Crippen LogP contribution in [0.5, 0.6) is 11.5 Å². The van der Waals surface area contributed by atoms with Crippen molar-refractivity contribution in [2.75, 3.05) is 26.9 Å². The Labute approximate surface area is 115 Å². The lowest BCUT2D eigenvalue weighted by Crippen LogP contribution is -2.26. The van der Waals surface area contributed by atoms with Crippen LogP contribution in [0.3, 0.4) is 0 Å². The smallest absolute Gasteiger partial charge is 0.161 e. The van der Waals surface area contributed by atoms with Crippen LogP contribution in [0.25, 0.3) is 0 Å². The first kappa shape index (κ1) is 14.2. The van der Waals surface area contributed by atoms with Crippen LogP contribution in [0, 0.1) is 0 Å². The molecule has 19 heavy (non-hydrogen) atoms. The Morgan fingerprint density at radius 1 is 1.26 bits per heavy atom. The minimum atomic E-state index is 0.441. The van der Waals surface area contributed by atoms with E-state index in [0.29, 0.717) is 6.04 Å². The van der Waals surface area contributed by atoms with Crippen molar-refractivity contribution in [1.82, 2.24) is 5.32 Å². The highest BCUT2D eigenvalue weighted by atomic mass is 16.5. The third kappa shape index (κ3) is 4.40. The molecule has 0 spiro atoms. The normalized spacial score (nSPS) is 15.9. The summed E-state index contributed by atoms with van der Waals surface area (Å²) >= 11 is 0. The summed E-state index contributed by atoms with van der Waals surface area (Å²) in [5.74, 6) is 1.72. The quantitative estimate of drug-likeness (QED) is 0.857. The summed E-state index contributed by atoms with van der Waals surface area (Å²) in [6, 6.07) is 6.59. The summed E-state index contributed by atoms with van der Waals surface area (Å²) in [6.45, 7) is 5.26. The molecule has 2 rings (SSSR count). The molecule has 0 fully saturated rings. The van der Waals surface area contributed by atoms with Crippen molar-refractivity contribution in [3.05, 3.63) is 23.8 Å². The summed E-state index contributed by atoms with van der Waals surface area (Å²) in [6.07, 6.45) is 1.96. The van der Waals surface area contributed by atoms with Gasteiger partial charge in [-0.1, -0.05) is 6.07 Å². The topological polar surface area (TPSA) is 39.7 Å². The Bertz CT molecular complexity index is 395. The van der Waals surface area contributed by atoms with Crippen molar-refractivity contribution >= 4 is 0 Å². The molecule has 1 heterocycles. The van der Waals surface area contributed by atoms with E-state index in [0.717, 1.165) is 50.7 Å². The van der Waals surface area contributed by atoms with Gasteiger partial charge >= 0.3 is 0 Å². The standard InChI is InChI=1S/C15H23NO3/c1-12(6-9-17-2)16-11-13-4-5-14-15(10-13)19-8-3-7-18-14/h4-5,10,12,16H,3,6-9,11H2,1-2H3. The number of nitrogens with one attached hydrogen (secondary N) is 1. The van der Waals surface area contributed by atoms with Crippen molar-refractivity contribution in [1.29, 1.82) is 0 Å². The Hall–Kier alpha value is -1.26. The number of ether oxygens (including phenoxy) is 3. The van der Waals surface area contributed by atoms with Gasteiger partial charge in [0.2, 0.25) is 0 Å². The first-order valence-corrected chi connectivity index (χ1v) is 6.90. The minimum Gasteiger partial charge on any atom is -0.490 e. The van der Waals surface area contributed by atoms with Crippen LogP contribution in [0.1, 0.15) is 25.3 Å². The van der Waals surface area contributed by atoms with Crippen LogP contribution in [0.15, 0.2) is 18.2 Å². The number of hydrogen-bond acceptors (Lipinski definition) is 4. The lowest BCUT2D eigenvalue weighted by atomic mass is 10.1. The zero-order chi connectivity index (χ0) is 13.5. The second-order valence-electron chi connectivity index (χ2n) is 4.89. The van der Waals surface area contributed by atoms with E-state index in [4.69, 9.17) is 14.2 Å². The maximum Gasteiger partial charge on any atom is 0.161 e. The Morgan fingerprint density at radius 3 is 2.84 bits per heavy atom. The molecule has 4 nitrogen and oxygen atoms in total. The molecule has 1 atom stereocenters. The second kappa shape index (κ2) is 7.36. The van der Waals surface area contributed by atoms with Crippen LogP contribution < -0.4 is 14.8 Å². The average molecular weight is 265 g/mol. The predicted octanol–water partition coefficient (Wildman–Crippen LogP) is 2.36. The summed E-state index contributed by atoms with van der Waals surface area (Å²) in [5, 5.41) is 3.48. The van der Waals surface area contributed by atoms with Gasteiger partial charge in [-0.05, 0) is 31.0 Å². The van der Waals surface area contributed by atoms with Crippen molar-refractivity contribution in [3.8, 4) is 11.5 Å². The predicted molar refractivity (Wildman–Crippen MR) is 74.8 cm³/mol. The van der Waals surface area contributed by atoms with Crippen LogP contribution in [0.2, 0.25) is 0 Å². The zero-order valence-corrected chi connectivity index (χ0v) is 11.8. The van der Waals surface area contributed by atoms with E-state index in [2.05, 4.69) is 24.4 Å². The monoisotopic (exact) mass is 265 g/mol. The summed E-state index contributed by atoms with van der Waals surface area (Å²) in [5.41, 5.74) is 1.22. The van der Waals surface area contributed by atoms with Crippen molar-refractivity contribution in [3.63, 3.8) is 0 Å². The summed E-state index contributed by atoms with van der Waals surface area (Å²) in [4.78, 5) is 0. The number of rotatable bonds is 6. The molecule has 1 aromatic rings. The van der Waals surface area contributed by atoms with E-state index in [1.54, 1.807) is 7.11 Å². The number of benzene rings is 1. The molecule has 0 amide bonds. The molecule has 4 heteroatoms.